The standard InChI is InChI=1S/C25H37ClN2O5.C16H10ClF5O3.C14H20N2O3.2C14H25NO4/c1-15(2)32-21-12-11-18(14-19(21)26)22(29)28-20(23(30)27-6)13-16-7-9-17(10-8-16)24(31)33-25(3,4)5;1-6(2)24-9-4-3-7(5-8(9)17)16(23)25-15-13(21)11(19)10(18)12(20)14(15)22;1-14(2,3)16-12(17)10-6-4-9(5-7-10)8-11(15)13(18)19;2*1-14(2,3)19-13(18)10-6-4-9(5-7-10)8-11(15)12(16)17/h11-12,14-17,20H,7-10,13H2,1-6H3,(H,27,30)(H,28,29);3-6H,1-2H3;4-7,11H,8,15H2,1-3H3,(H,16,17)(H,18,19);2*9-11H,4-8,15H2,1-3H3,(H,16,17)/t;;11-;2*9?,10?,11-/m..000/s1. The maximum Gasteiger partial charge on any atom is 0.343 e. The maximum atomic E-state index is 13.5. The SMILES string of the molecule is CC(C)(C)NC(=O)c1ccc(C[C@H](N)C(=O)O)cc1.CC(C)(C)OC(=O)C1CCC(C[C@H](N)C(=O)O)CC1.CC(C)(C)OC(=O)C1CCC(C[C@H](N)C(=O)O)CC1.CC(C)Oc1ccc(C(=O)Oc2c(F)c(F)c(F)c(F)c2F)cc1Cl.CNC(=O)C(CC1CCC(C(=O)OC(C)(C)C)CC1)NC(=O)c1ccc(OC(C)C)c(Cl)c1. The average Bonchev–Trinajstić information content (AvgIpc) is 0.791. The van der Waals surface area contributed by atoms with Gasteiger partial charge in [0, 0.05) is 23.7 Å². The Hall–Kier alpha value is -8.71. The predicted octanol–water partition coefficient (Wildman–Crippen LogP) is 14.6. The van der Waals surface area contributed by atoms with Crippen LogP contribution in [0.4, 0.5) is 22.0 Å². The zero-order valence-corrected chi connectivity index (χ0v) is 70.3. The van der Waals surface area contributed by atoms with E-state index in [9.17, 15) is 69.9 Å². The number of hydrogen-bond acceptors (Lipinski definition) is 19. The van der Waals surface area contributed by atoms with Crippen molar-refractivity contribution in [1.29, 1.82) is 0 Å². The van der Waals surface area contributed by atoms with Crippen molar-refractivity contribution in [2.45, 2.75) is 272 Å². The number of carboxylic acids is 3. The topological polar surface area (TPSA) is 401 Å². The van der Waals surface area contributed by atoms with Gasteiger partial charge in [0.05, 0.1) is 45.6 Å². The Morgan fingerprint density at radius 2 is 0.791 bits per heavy atom. The molecule has 4 aromatic carbocycles. The Morgan fingerprint density at radius 1 is 0.461 bits per heavy atom. The normalized spacial score (nSPS) is 18.6. The molecule has 0 spiro atoms. The second-order valence-corrected chi connectivity index (χ2v) is 34.3. The number of aliphatic carboxylic acids is 3. The van der Waals surface area contributed by atoms with E-state index < -0.39 is 99.7 Å². The number of hydrogen-bond donors (Lipinski definition) is 9. The zero-order chi connectivity index (χ0) is 87.5. The summed E-state index contributed by atoms with van der Waals surface area (Å²) in [4.78, 5) is 117. The fourth-order valence-electron chi connectivity index (χ4n) is 12.3. The molecule has 3 saturated carbocycles. The van der Waals surface area contributed by atoms with Gasteiger partial charge in [-0.2, -0.15) is 8.78 Å². The van der Waals surface area contributed by atoms with Crippen LogP contribution in [0.2, 0.25) is 10.0 Å². The van der Waals surface area contributed by atoms with Gasteiger partial charge in [-0.25, -0.2) is 18.0 Å². The van der Waals surface area contributed by atoms with Gasteiger partial charge in [0.25, 0.3) is 11.8 Å². The van der Waals surface area contributed by atoms with E-state index in [1.54, 1.807) is 63.4 Å². The number of ether oxygens (including phenoxy) is 6. The summed E-state index contributed by atoms with van der Waals surface area (Å²) in [6, 6.07) is 12.0. The molecule has 7 rings (SSSR count). The Kier molecular flexibility index (Phi) is 39.9. The van der Waals surface area contributed by atoms with Crippen LogP contribution in [0, 0.1) is 64.6 Å². The van der Waals surface area contributed by atoms with Crippen LogP contribution >= 0.6 is 23.2 Å². The number of likely N-dealkylation sites (N-methyl/N-ethyl adjacent to an activating group) is 1. The van der Waals surface area contributed by atoms with E-state index in [0.29, 0.717) is 53.0 Å². The first-order valence-electron chi connectivity index (χ1n) is 38.3. The van der Waals surface area contributed by atoms with Crippen molar-refractivity contribution in [2.75, 3.05) is 7.05 Å². The van der Waals surface area contributed by atoms with E-state index in [4.69, 9.17) is 79.4 Å². The first kappa shape index (κ1) is 100. The molecule has 3 amide bonds. The van der Waals surface area contributed by atoms with E-state index >= 15 is 0 Å². The number of rotatable bonds is 24. The van der Waals surface area contributed by atoms with E-state index in [1.165, 1.54) is 6.07 Å². The number of benzene rings is 4. The van der Waals surface area contributed by atoms with Gasteiger partial charge < -0.3 is 76.9 Å². The van der Waals surface area contributed by atoms with Gasteiger partial charge in [-0.05, 0) is 285 Å². The van der Waals surface area contributed by atoms with Gasteiger partial charge >= 0.3 is 41.8 Å². The summed E-state index contributed by atoms with van der Waals surface area (Å²) >= 11 is 12.2. The van der Waals surface area contributed by atoms with Crippen LogP contribution in [0.3, 0.4) is 0 Å². The lowest BCUT2D eigenvalue weighted by atomic mass is 9.79. The van der Waals surface area contributed by atoms with Gasteiger partial charge in [0.2, 0.25) is 40.7 Å². The van der Waals surface area contributed by atoms with Gasteiger partial charge in [-0.1, -0.05) is 35.3 Å². The third kappa shape index (κ3) is 36.6. The van der Waals surface area contributed by atoms with Crippen molar-refractivity contribution >= 4 is 82.7 Å². The van der Waals surface area contributed by atoms with Crippen LogP contribution in [-0.4, -0.2) is 141 Å². The Balaban J connectivity index is 0.000000379. The number of nitrogens with one attached hydrogen (secondary N) is 3. The first-order chi connectivity index (χ1) is 53.1. The van der Waals surface area contributed by atoms with Crippen LogP contribution in [0.5, 0.6) is 17.2 Å². The highest BCUT2D eigenvalue weighted by Gasteiger charge is 2.37. The lowest BCUT2D eigenvalue weighted by Gasteiger charge is -2.31. The number of nitrogens with two attached hydrogens (primary N) is 3. The van der Waals surface area contributed by atoms with Crippen molar-refractivity contribution in [2.24, 2.45) is 52.7 Å². The van der Waals surface area contributed by atoms with E-state index in [1.807, 2.05) is 96.9 Å². The number of carbonyl (C=O) groups excluding carboxylic acids is 7. The van der Waals surface area contributed by atoms with E-state index in [-0.39, 0.29) is 99.8 Å². The molecule has 3 fully saturated rings. The van der Waals surface area contributed by atoms with Crippen LogP contribution in [-0.2, 0) is 54.2 Å². The first-order valence-corrected chi connectivity index (χ1v) is 39.1. The Morgan fingerprint density at radius 3 is 1.11 bits per heavy atom. The summed E-state index contributed by atoms with van der Waals surface area (Å²) in [5.41, 5.74) is 16.3. The van der Waals surface area contributed by atoms with E-state index in [2.05, 4.69) is 20.7 Å². The molecule has 0 saturated heterocycles. The number of carbonyl (C=O) groups is 10. The molecule has 0 aliphatic heterocycles. The Labute approximate surface area is 680 Å². The number of amides is 3. The molecule has 4 aromatic rings. The minimum absolute atomic E-state index is 0.000520. The molecule has 3 aliphatic carbocycles. The van der Waals surface area contributed by atoms with Gasteiger partial charge in [0.15, 0.2) is 0 Å². The number of halogens is 7. The second kappa shape index (κ2) is 45.7. The summed E-state index contributed by atoms with van der Waals surface area (Å²) < 4.78 is 97.7. The molecule has 115 heavy (non-hydrogen) atoms. The van der Waals surface area contributed by atoms with Crippen molar-refractivity contribution in [3.05, 3.63) is 122 Å². The molecule has 25 nitrogen and oxygen atoms in total. The maximum absolute atomic E-state index is 13.5. The monoisotopic (exact) mass is 1670 g/mol. The smallest absolute Gasteiger partial charge is 0.343 e. The third-order valence-electron chi connectivity index (χ3n) is 17.9. The summed E-state index contributed by atoms with van der Waals surface area (Å²) in [6.07, 6.45) is 11.1. The predicted molar refractivity (Wildman–Crippen MR) is 423 cm³/mol. The molecular weight excluding hydrogens is 1550 g/mol. The minimum Gasteiger partial charge on any atom is -0.489 e. The number of carboxylic acid groups (broad SMARTS) is 3. The summed E-state index contributed by atoms with van der Waals surface area (Å²) in [5.74, 6) is -17.1. The highest BCUT2D eigenvalue weighted by Crippen LogP contribution is 2.38. The zero-order valence-electron chi connectivity index (χ0n) is 68.8. The average molecular weight is 1670 g/mol. The molecule has 642 valence electrons. The highest BCUT2D eigenvalue weighted by atomic mass is 35.5. The molecule has 0 bridgehead atoms. The summed E-state index contributed by atoms with van der Waals surface area (Å²) in [5, 5.41) is 35.0. The lowest BCUT2D eigenvalue weighted by molar-refractivity contribution is -0.162. The van der Waals surface area contributed by atoms with Gasteiger partial charge in [-0.3, -0.25) is 43.2 Å². The molecule has 0 aromatic heterocycles. The highest BCUT2D eigenvalue weighted by molar-refractivity contribution is 6.32. The van der Waals surface area contributed by atoms with Crippen LogP contribution in [0.1, 0.15) is 244 Å². The molecule has 1 unspecified atom stereocenters. The van der Waals surface area contributed by atoms with Crippen molar-refractivity contribution < 1.29 is 114 Å². The minimum atomic E-state index is -2.35. The van der Waals surface area contributed by atoms with Crippen LogP contribution in [0.15, 0.2) is 60.7 Å². The molecular formula is C83H117Cl2F5N6O19. The van der Waals surface area contributed by atoms with Crippen molar-refractivity contribution in [1.82, 2.24) is 16.0 Å². The fraction of sp³-hybridized carbons (Fsp3) is 0.590. The largest absolute Gasteiger partial charge is 0.489 e. The van der Waals surface area contributed by atoms with Gasteiger partial charge in [0.1, 0.15) is 52.5 Å². The summed E-state index contributed by atoms with van der Waals surface area (Å²) in [6.45, 7) is 29.8. The number of esters is 4. The third-order valence-corrected chi connectivity index (χ3v) is 18.5. The summed E-state index contributed by atoms with van der Waals surface area (Å²) in [7, 11) is 1.55. The van der Waals surface area contributed by atoms with Crippen LogP contribution in [0.25, 0.3) is 0 Å². The van der Waals surface area contributed by atoms with Crippen LogP contribution < -0.4 is 47.4 Å². The quantitative estimate of drug-likeness (QED) is 0.00785. The van der Waals surface area contributed by atoms with Gasteiger partial charge in [-0.15, -0.1) is 0 Å². The Bertz CT molecular complexity index is 3840. The molecule has 4 atom stereocenters. The fourth-order valence-corrected chi connectivity index (χ4v) is 12.7. The van der Waals surface area contributed by atoms with E-state index in [0.717, 1.165) is 94.7 Å². The molecule has 0 heterocycles. The van der Waals surface area contributed by atoms with Crippen molar-refractivity contribution in [3.63, 3.8) is 0 Å². The molecule has 32 heteroatoms. The molecule has 12 N–H and O–H groups in total. The van der Waals surface area contributed by atoms with Crippen molar-refractivity contribution in [3.8, 4) is 17.2 Å². The second-order valence-electron chi connectivity index (χ2n) is 33.5. The molecule has 3 aliphatic rings. The lowest BCUT2D eigenvalue weighted by Crippen LogP contribution is -2.47. The molecule has 0 radical (unpaired) electrons.